The first kappa shape index (κ1) is 20.0. The highest BCUT2D eigenvalue weighted by Crippen LogP contribution is 2.25. The van der Waals surface area contributed by atoms with Crippen molar-refractivity contribution in [3.05, 3.63) is 23.8 Å². The fourth-order valence-electron chi connectivity index (χ4n) is 3.36. The molecule has 1 aromatic rings. The molecule has 0 unspecified atom stereocenters. The lowest BCUT2D eigenvalue weighted by Gasteiger charge is -2.20. The van der Waals surface area contributed by atoms with Crippen LogP contribution in [0.2, 0.25) is 0 Å². The Balaban J connectivity index is 1.96. The van der Waals surface area contributed by atoms with E-state index >= 15 is 0 Å². The number of benzene rings is 1. The van der Waals surface area contributed by atoms with Crippen molar-refractivity contribution >= 4 is 0 Å². The first-order chi connectivity index (χ1) is 12.1. The molecule has 5 nitrogen and oxygen atoms in total. The van der Waals surface area contributed by atoms with Crippen LogP contribution in [0.1, 0.15) is 44.1 Å². The highest BCUT2D eigenvalue weighted by atomic mass is 16.5. The topological polar surface area (TPSA) is 54.0 Å². The number of ether oxygens (including phenoxy) is 2. The zero-order valence-electron chi connectivity index (χ0n) is 16.0. The SMILES string of the molecule is COc1ccc(OC[C@@H](O)CN(C)C)c(CNC2CCCCCC2)c1. The van der Waals surface area contributed by atoms with E-state index in [1.54, 1.807) is 7.11 Å². The number of methoxy groups -OCH3 is 1. The summed E-state index contributed by atoms with van der Waals surface area (Å²) in [5.74, 6) is 1.65. The summed E-state index contributed by atoms with van der Waals surface area (Å²) in [4.78, 5) is 1.95. The van der Waals surface area contributed by atoms with Gasteiger partial charge in [-0.2, -0.15) is 0 Å². The number of rotatable bonds is 9. The summed E-state index contributed by atoms with van der Waals surface area (Å²) in [6.45, 7) is 1.65. The Bertz CT molecular complexity index is 500. The molecule has 0 saturated heterocycles. The van der Waals surface area contributed by atoms with Crippen LogP contribution < -0.4 is 14.8 Å². The second-order valence-corrected chi connectivity index (χ2v) is 7.27. The van der Waals surface area contributed by atoms with Crippen LogP contribution in [0, 0.1) is 0 Å². The predicted octanol–water partition coefficient (Wildman–Crippen LogP) is 2.81. The van der Waals surface area contributed by atoms with E-state index in [2.05, 4.69) is 5.32 Å². The molecule has 1 aliphatic rings. The molecular weight excluding hydrogens is 316 g/mol. The van der Waals surface area contributed by atoms with Crippen molar-refractivity contribution < 1.29 is 14.6 Å². The molecule has 0 heterocycles. The van der Waals surface area contributed by atoms with Crippen LogP contribution in [0.15, 0.2) is 18.2 Å². The lowest BCUT2D eigenvalue weighted by molar-refractivity contribution is 0.0826. The molecule has 5 heteroatoms. The molecule has 0 aliphatic heterocycles. The van der Waals surface area contributed by atoms with E-state index in [-0.39, 0.29) is 0 Å². The van der Waals surface area contributed by atoms with E-state index in [1.165, 1.54) is 38.5 Å². The first-order valence-corrected chi connectivity index (χ1v) is 9.44. The van der Waals surface area contributed by atoms with Gasteiger partial charge in [-0.15, -0.1) is 0 Å². The van der Waals surface area contributed by atoms with E-state index < -0.39 is 6.10 Å². The van der Waals surface area contributed by atoms with Crippen molar-refractivity contribution in [1.29, 1.82) is 0 Å². The quantitative estimate of drug-likeness (QED) is 0.671. The van der Waals surface area contributed by atoms with Crippen LogP contribution in [0.5, 0.6) is 11.5 Å². The van der Waals surface area contributed by atoms with Gasteiger partial charge in [-0.1, -0.05) is 25.7 Å². The molecule has 0 aromatic heterocycles. The Morgan fingerprint density at radius 2 is 1.92 bits per heavy atom. The monoisotopic (exact) mass is 350 g/mol. The summed E-state index contributed by atoms with van der Waals surface area (Å²) < 4.78 is 11.3. The molecule has 1 fully saturated rings. The second kappa shape index (κ2) is 10.6. The van der Waals surface area contributed by atoms with Gasteiger partial charge in [0.2, 0.25) is 0 Å². The van der Waals surface area contributed by atoms with Gasteiger partial charge in [0.25, 0.3) is 0 Å². The summed E-state index contributed by atoms with van der Waals surface area (Å²) in [7, 11) is 5.57. The molecule has 1 saturated carbocycles. The number of nitrogens with one attached hydrogen (secondary N) is 1. The Morgan fingerprint density at radius 3 is 2.56 bits per heavy atom. The minimum atomic E-state index is -0.500. The molecule has 0 spiro atoms. The smallest absolute Gasteiger partial charge is 0.124 e. The predicted molar refractivity (Wildman–Crippen MR) is 101 cm³/mol. The minimum Gasteiger partial charge on any atom is -0.497 e. The van der Waals surface area contributed by atoms with Crippen molar-refractivity contribution in [2.45, 2.75) is 57.2 Å². The van der Waals surface area contributed by atoms with Crippen molar-refractivity contribution in [3.8, 4) is 11.5 Å². The normalized spacial score (nSPS) is 17.3. The van der Waals surface area contributed by atoms with E-state index in [4.69, 9.17) is 9.47 Å². The molecule has 1 atom stereocenters. The molecule has 25 heavy (non-hydrogen) atoms. The van der Waals surface area contributed by atoms with Crippen LogP contribution >= 0.6 is 0 Å². The lowest BCUT2D eigenvalue weighted by Crippen LogP contribution is -2.31. The molecule has 1 aromatic carbocycles. The van der Waals surface area contributed by atoms with Gasteiger partial charge in [0.05, 0.1) is 7.11 Å². The van der Waals surface area contributed by atoms with Crippen molar-refractivity contribution in [3.63, 3.8) is 0 Å². The molecular formula is C20H34N2O3. The Hall–Kier alpha value is -1.30. The Morgan fingerprint density at radius 1 is 1.20 bits per heavy atom. The highest BCUT2D eigenvalue weighted by molar-refractivity contribution is 5.40. The second-order valence-electron chi connectivity index (χ2n) is 7.27. The molecule has 0 amide bonds. The lowest BCUT2D eigenvalue weighted by atomic mass is 10.1. The Labute approximate surface area is 152 Å². The molecule has 1 aliphatic carbocycles. The van der Waals surface area contributed by atoms with Gasteiger partial charge in [0.15, 0.2) is 0 Å². The number of aliphatic hydroxyl groups is 1. The number of hydrogen-bond donors (Lipinski definition) is 2. The molecule has 0 bridgehead atoms. The van der Waals surface area contributed by atoms with Gasteiger partial charge >= 0.3 is 0 Å². The minimum absolute atomic E-state index is 0.293. The van der Waals surface area contributed by atoms with Crippen LogP contribution in [-0.4, -0.2) is 56.5 Å². The van der Waals surface area contributed by atoms with Crippen molar-refractivity contribution in [2.75, 3.05) is 34.4 Å². The van der Waals surface area contributed by atoms with Crippen LogP contribution in [0.4, 0.5) is 0 Å². The average molecular weight is 351 g/mol. The standard InChI is InChI=1S/C20H34N2O3/c1-22(2)14-18(23)15-25-20-11-10-19(24-3)12-16(20)13-21-17-8-6-4-5-7-9-17/h10-12,17-18,21,23H,4-9,13-15H2,1-3H3/t18-/m0/s1. The van der Waals surface area contributed by atoms with Crippen LogP contribution in [0.25, 0.3) is 0 Å². The van der Waals surface area contributed by atoms with E-state index in [0.29, 0.717) is 19.2 Å². The van der Waals surface area contributed by atoms with Gasteiger partial charge in [0, 0.05) is 24.7 Å². The molecule has 142 valence electrons. The van der Waals surface area contributed by atoms with Crippen molar-refractivity contribution in [1.82, 2.24) is 10.2 Å². The molecule has 2 rings (SSSR count). The Kier molecular flexibility index (Phi) is 8.52. The van der Waals surface area contributed by atoms with Crippen molar-refractivity contribution in [2.24, 2.45) is 0 Å². The van der Waals surface area contributed by atoms with E-state index in [9.17, 15) is 5.11 Å². The third-order valence-electron chi connectivity index (χ3n) is 4.71. The average Bonchev–Trinajstić information content (AvgIpc) is 2.86. The summed E-state index contributed by atoms with van der Waals surface area (Å²) in [5.41, 5.74) is 1.08. The number of likely N-dealkylation sites (N-methyl/N-ethyl adjacent to an activating group) is 1. The van der Waals surface area contributed by atoms with Gasteiger partial charge < -0.3 is 24.8 Å². The molecule has 0 radical (unpaired) electrons. The highest BCUT2D eigenvalue weighted by Gasteiger charge is 2.14. The third-order valence-corrected chi connectivity index (χ3v) is 4.71. The fraction of sp³-hybridized carbons (Fsp3) is 0.700. The zero-order chi connectivity index (χ0) is 18.1. The molecule has 2 N–H and O–H groups in total. The summed E-state index contributed by atoms with van der Waals surface area (Å²) in [6.07, 6.45) is 7.35. The summed E-state index contributed by atoms with van der Waals surface area (Å²) >= 11 is 0. The first-order valence-electron chi connectivity index (χ1n) is 9.44. The summed E-state index contributed by atoms with van der Waals surface area (Å²) in [6, 6.07) is 6.45. The summed E-state index contributed by atoms with van der Waals surface area (Å²) in [5, 5.41) is 13.7. The fourth-order valence-corrected chi connectivity index (χ4v) is 3.36. The third kappa shape index (κ3) is 7.22. The number of hydrogen-bond acceptors (Lipinski definition) is 5. The maximum absolute atomic E-state index is 10.0. The maximum atomic E-state index is 10.0. The van der Waals surface area contributed by atoms with E-state index in [1.807, 2.05) is 37.2 Å². The van der Waals surface area contributed by atoms with Gasteiger partial charge in [0.1, 0.15) is 24.2 Å². The van der Waals surface area contributed by atoms with Crippen LogP contribution in [0.3, 0.4) is 0 Å². The maximum Gasteiger partial charge on any atom is 0.124 e. The van der Waals surface area contributed by atoms with Gasteiger partial charge in [-0.05, 0) is 45.1 Å². The van der Waals surface area contributed by atoms with Gasteiger partial charge in [-0.25, -0.2) is 0 Å². The zero-order valence-corrected chi connectivity index (χ0v) is 16.0. The van der Waals surface area contributed by atoms with Crippen LogP contribution in [-0.2, 0) is 6.54 Å². The van der Waals surface area contributed by atoms with Gasteiger partial charge in [-0.3, -0.25) is 0 Å². The largest absolute Gasteiger partial charge is 0.497 e. The van der Waals surface area contributed by atoms with E-state index in [0.717, 1.165) is 23.6 Å². The number of nitrogens with zero attached hydrogens (tertiary/aromatic N) is 1. The number of aliphatic hydroxyl groups excluding tert-OH is 1.